The molecule has 0 saturated heterocycles. The lowest BCUT2D eigenvalue weighted by Crippen LogP contribution is -2.12. The smallest absolute Gasteiger partial charge is 0.0441 e. The molecule has 1 N–H and O–H groups in total. The fraction of sp³-hybridized carbons (Fsp3) is 1.00. The van der Waals surface area contributed by atoms with Crippen LogP contribution < -0.4 is 0 Å². The van der Waals surface area contributed by atoms with E-state index in [-0.39, 0.29) is 17.1 Å². The van der Waals surface area contributed by atoms with E-state index in [0.717, 1.165) is 6.42 Å². The zero-order valence-corrected chi connectivity index (χ0v) is 6.70. The van der Waals surface area contributed by atoms with Gasteiger partial charge in [0.1, 0.15) is 0 Å². The molecule has 0 saturated carbocycles. The standard InChI is InChI=1S/C5H12OS2/c1-4(7)5(8)2-3-6/h4-8H,2-3H2,1H3. The zero-order chi connectivity index (χ0) is 6.57. The van der Waals surface area contributed by atoms with E-state index in [1.165, 1.54) is 0 Å². The summed E-state index contributed by atoms with van der Waals surface area (Å²) in [5.74, 6) is 0. The molecule has 0 aromatic rings. The van der Waals surface area contributed by atoms with E-state index in [9.17, 15) is 0 Å². The highest BCUT2D eigenvalue weighted by molar-refractivity contribution is 7.85. The third-order valence-corrected chi connectivity index (χ3v) is 2.28. The maximum atomic E-state index is 8.40. The van der Waals surface area contributed by atoms with Crippen LogP contribution in [0.2, 0.25) is 0 Å². The van der Waals surface area contributed by atoms with Gasteiger partial charge in [0.25, 0.3) is 0 Å². The van der Waals surface area contributed by atoms with E-state index < -0.39 is 0 Å². The van der Waals surface area contributed by atoms with Crippen LogP contribution in [0.5, 0.6) is 0 Å². The molecule has 2 unspecified atom stereocenters. The molecule has 0 radical (unpaired) electrons. The molecule has 0 heterocycles. The monoisotopic (exact) mass is 152 g/mol. The van der Waals surface area contributed by atoms with Crippen molar-refractivity contribution in [3.8, 4) is 0 Å². The Morgan fingerprint density at radius 1 is 1.50 bits per heavy atom. The van der Waals surface area contributed by atoms with Gasteiger partial charge in [-0.05, 0) is 6.42 Å². The molecule has 50 valence electrons. The number of hydrogen-bond acceptors (Lipinski definition) is 3. The van der Waals surface area contributed by atoms with Gasteiger partial charge >= 0.3 is 0 Å². The van der Waals surface area contributed by atoms with Crippen LogP contribution in [-0.4, -0.2) is 22.2 Å². The average Bonchev–Trinajstić information content (AvgIpc) is 1.67. The summed E-state index contributed by atoms with van der Waals surface area (Å²) in [6.45, 7) is 2.18. The van der Waals surface area contributed by atoms with Crippen LogP contribution in [0.15, 0.2) is 0 Å². The van der Waals surface area contributed by atoms with Crippen molar-refractivity contribution in [1.29, 1.82) is 0 Å². The molecule has 0 amide bonds. The van der Waals surface area contributed by atoms with Gasteiger partial charge in [-0.2, -0.15) is 25.3 Å². The van der Waals surface area contributed by atoms with Gasteiger partial charge in [0, 0.05) is 17.1 Å². The molecule has 0 aliphatic heterocycles. The van der Waals surface area contributed by atoms with Gasteiger partial charge in [-0.25, -0.2) is 0 Å². The predicted molar refractivity (Wildman–Crippen MR) is 42.9 cm³/mol. The Morgan fingerprint density at radius 2 is 2.00 bits per heavy atom. The third kappa shape index (κ3) is 3.64. The van der Waals surface area contributed by atoms with Crippen LogP contribution in [0.25, 0.3) is 0 Å². The van der Waals surface area contributed by atoms with Gasteiger partial charge in [0.2, 0.25) is 0 Å². The maximum Gasteiger partial charge on any atom is 0.0441 e. The molecule has 1 nitrogen and oxygen atoms in total. The Morgan fingerprint density at radius 3 is 2.12 bits per heavy atom. The topological polar surface area (TPSA) is 20.2 Å². The molecular weight excluding hydrogens is 140 g/mol. The summed E-state index contributed by atoms with van der Waals surface area (Å²) in [5, 5.41) is 8.90. The van der Waals surface area contributed by atoms with Gasteiger partial charge in [0.15, 0.2) is 0 Å². The van der Waals surface area contributed by atoms with Crippen LogP contribution in [0.4, 0.5) is 0 Å². The normalized spacial score (nSPS) is 18.0. The lowest BCUT2D eigenvalue weighted by Gasteiger charge is -2.10. The van der Waals surface area contributed by atoms with Crippen LogP contribution in [0.1, 0.15) is 13.3 Å². The Labute approximate surface area is 61.3 Å². The second-order valence-corrected chi connectivity index (χ2v) is 3.30. The summed E-state index contributed by atoms with van der Waals surface area (Å²) in [6, 6.07) is 0. The quantitative estimate of drug-likeness (QED) is 0.515. The number of hydrogen-bond donors (Lipinski definition) is 3. The fourth-order valence-electron chi connectivity index (χ4n) is 0.373. The summed E-state index contributed by atoms with van der Waals surface area (Å²) < 4.78 is 0. The van der Waals surface area contributed by atoms with Crippen molar-refractivity contribution in [1.82, 2.24) is 0 Å². The van der Waals surface area contributed by atoms with Gasteiger partial charge < -0.3 is 5.11 Å². The molecular formula is C5H12OS2. The van der Waals surface area contributed by atoms with E-state index in [4.69, 9.17) is 5.11 Å². The molecule has 3 heteroatoms. The van der Waals surface area contributed by atoms with E-state index in [2.05, 4.69) is 25.3 Å². The first-order valence-electron chi connectivity index (χ1n) is 2.65. The molecule has 0 fully saturated rings. The minimum Gasteiger partial charge on any atom is -0.396 e. The van der Waals surface area contributed by atoms with Crippen LogP contribution in [0, 0.1) is 0 Å². The molecule has 2 atom stereocenters. The second kappa shape index (κ2) is 4.53. The van der Waals surface area contributed by atoms with Crippen molar-refractivity contribution in [2.45, 2.75) is 23.8 Å². The first kappa shape index (κ1) is 8.66. The second-order valence-electron chi connectivity index (χ2n) is 1.82. The third-order valence-electron chi connectivity index (χ3n) is 0.982. The molecule has 0 aliphatic carbocycles. The number of thiol groups is 2. The Kier molecular flexibility index (Phi) is 4.90. The lowest BCUT2D eigenvalue weighted by atomic mass is 10.2. The molecule has 0 aromatic carbocycles. The Bertz CT molecular complexity index is 56.4. The molecule has 8 heavy (non-hydrogen) atoms. The van der Waals surface area contributed by atoms with Gasteiger partial charge in [0.05, 0.1) is 0 Å². The minimum atomic E-state index is 0.207. The molecule has 0 bridgehead atoms. The average molecular weight is 152 g/mol. The van der Waals surface area contributed by atoms with Crippen molar-refractivity contribution < 1.29 is 5.11 Å². The highest BCUT2D eigenvalue weighted by Gasteiger charge is 2.06. The largest absolute Gasteiger partial charge is 0.396 e. The van der Waals surface area contributed by atoms with E-state index in [1.54, 1.807) is 0 Å². The van der Waals surface area contributed by atoms with Gasteiger partial charge in [-0.15, -0.1) is 0 Å². The zero-order valence-electron chi connectivity index (χ0n) is 4.91. The number of aliphatic hydroxyl groups is 1. The summed E-state index contributed by atoms with van der Waals surface area (Å²) in [5.41, 5.74) is 0. The highest BCUT2D eigenvalue weighted by Crippen LogP contribution is 2.10. The van der Waals surface area contributed by atoms with Crippen LogP contribution in [-0.2, 0) is 0 Å². The summed E-state index contributed by atoms with van der Waals surface area (Å²) in [7, 11) is 0. The van der Waals surface area contributed by atoms with Crippen LogP contribution >= 0.6 is 25.3 Å². The van der Waals surface area contributed by atoms with Crippen molar-refractivity contribution in [3.05, 3.63) is 0 Å². The van der Waals surface area contributed by atoms with Gasteiger partial charge in [-0.3, -0.25) is 0 Å². The molecule has 0 spiro atoms. The van der Waals surface area contributed by atoms with Gasteiger partial charge in [-0.1, -0.05) is 6.92 Å². The first-order chi connectivity index (χ1) is 3.68. The van der Waals surface area contributed by atoms with Crippen LogP contribution in [0.3, 0.4) is 0 Å². The first-order valence-corrected chi connectivity index (χ1v) is 3.68. The SMILES string of the molecule is CC(S)C(S)CCO. The molecule has 0 rings (SSSR count). The summed E-state index contributed by atoms with van der Waals surface area (Å²) in [6.07, 6.45) is 0.730. The van der Waals surface area contributed by atoms with Crippen molar-refractivity contribution in [2.24, 2.45) is 0 Å². The number of aliphatic hydroxyl groups excluding tert-OH is 1. The number of rotatable bonds is 3. The highest BCUT2D eigenvalue weighted by atomic mass is 32.1. The fourth-order valence-corrected chi connectivity index (χ4v) is 0.638. The van der Waals surface area contributed by atoms with E-state index in [1.807, 2.05) is 6.92 Å². The Balaban J connectivity index is 3.17. The summed E-state index contributed by atoms with van der Waals surface area (Å²) in [4.78, 5) is 0. The van der Waals surface area contributed by atoms with Crippen molar-refractivity contribution in [3.63, 3.8) is 0 Å². The van der Waals surface area contributed by atoms with E-state index >= 15 is 0 Å². The van der Waals surface area contributed by atoms with Crippen molar-refractivity contribution >= 4 is 25.3 Å². The Hall–Kier alpha value is 0.660. The molecule has 0 aliphatic rings. The maximum absolute atomic E-state index is 8.40. The minimum absolute atomic E-state index is 0.207. The predicted octanol–water partition coefficient (Wildman–Crippen LogP) is 0.985. The molecule has 0 aromatic heterocycles. The van der Waals surface area contributed by atoms with E-state index in [0.29, 0.717) is 0 Å². The van der Waals surface area contributed by atoms with Crippen molar-refractivity contribution in [2.75, 3.05) is 6.61 Å². The lowest BCUT2D eigenvalue weighted by molar-refractivity contribution is 0.287. The summed E-state index contributed by atoms with van der Waals surface area (Å²) >= 11 is 8.31.